The number of hydrogen-bond donors (Lipinski definition) is 12. The van der Waals surface area contributed by atoms with E-state index in [9.17, 15) is 38.4 Å². The first-order valence-electron chi connectivity index (χ1n) is 29.9. The number of nitrogens with two attached hydrogens (primary N) is 2. The third-order valence-corrected chi connectivity index (χ3v) is 16.3. The number of allylic oxidation sites excluding steroid dienone is 1. The molecule has 8 rings (SSSR count). The highest BCUT2D eigenvalue weighted by Crippen LogP contribution is 2.66. The van der Waals surface area contributed by atoms with Gasteiger partial charge in [-0.2, -0.15) is 0 Å². The first-order valence-corrected chi connectivity index (χ1v) is 29.9. The number of anilines is 1. The minimum absolute atomic E-state index is 0.0107. The summed E-state index contributed by atoms with van der Waals surface area (Å²) in [6.07, 6.45) is 4.91. The second-order valence-corrected chi connectivity index (χ2v) is 22.4. The summed E-state index contributed by atoms with van der Waals surface area (Å²) in [4.78, 5) is 108. The van der Waals surface area contributed by atoms with Crippen molar-refractivity contribution in [2.75, 3.05) is 58.8 Å². The smallest absolute Gasteiger partial charge is 0.415 e. The highest BCUT2D eigenvalue weighted by molar-refractivity contribution is 5.93. The molecule has 0 saturated heterocycles. The van der Waals surface area contributed by atoms with Gasteiger partial charge in [0.25, 0.3) is 0 Å². The van der Waals surface area contributed by atoms with E-state index in [1.165, 1.54) is 37.7 Å². The number of alkyl carbamates (subject to hydrolysis) is 1. The molecule has 1 aliphatic heterocycles. The molecule has 14 N–H and O–H groups in total. The number of esters is 1. The zero-order valence-electron chi connectivity index (χ0n) is 50.5. The molecule has 90 heavy (non-hydrogen) atoms. The summed E-state index contributed by atoms with van der Waals surface area (Å²) in [7, 11) is 2.96. The van der Waals surface area contributed by atoms with Gasteiger partial charge in [-0.3, -0.25) is 39.7 Å². The van der Waals surface area contributed by atoms with Crippen LogP contribution in [0.4, 0.5) is 15.3 Å². The Morgan fingerprint density at radius 3 is 2.24 bits per heavy atom. The Hall–Kier alpha value is -10.1. The van der Waals surface area contributed by atoms with Crippen LogP contribution < -0.4 is 72.9 Å². The molecule has 4 aromatic rings. The van der Waals surface area contributed by atoms with Crippen LogP contribution in [-0.4, -0.2) is 142 Å². The van der Waals surface area contributed by atoms with Gasteiger partial charge in [0, 0.05) is 56.3 Å². The summed E-state index contributed by atoms with van der Waals surface area (Å²) in [5, 5.41) is 36.2. The lowest BCUT2D eigenvalue weighted by Crippen LogP contribution is -2.57. The fourth-order valence-electron chi connectivity index (χ4n) is 12.1. The number of amides is 7. The number of likely N-dealkylation sites (N-methyl/N-ethyl adjacent to an activating group) is 1. The van der Waals surface area contributed by atoms with Crippen LogP contribution in [0.5, 0.6) is 23.0 Å². The molecule has 4 aromatic carbocycles. The maximum absolute atomic E-state index is 14.5. The van der Waals surface area contributed by atoms with Crippen molar-refractivity contribution < 1.29 is 66.8 Å². The number of nitrogens with zero attached hydrogens (tertiary/aromatic N) is 1. The maximum Gasteiger partial charge on any atom is 0.415 e. The van der Waals surface area contributed by atoms with Crippen LogP contribution in [0.2, 0.25) is 0 Å². The topological polar surface area (TPSA) is 391 Å². The molecule has 1 saturated carbocycles. The number of guanidine groups is 2. The number of rotatable bonds is 30. The molecule has 27 nitrogen and oxygen atoms in total. The standard InChI is InChI=1S/C63H79N13O14/c1-37(77)71-35-51(78)74-46(18-11-29-70-59(64)65)56(80)72-34-48(76(2)62(84)89-50-26-24-45-40-14-10-27-63(45)52-41(32-40)21-25-49(85-3)53(52)90-54(50)63)57(81)68-28-8-7-17-47(75-61(83)87-36-38-12-5-4-6-13-38)55(79)69-30-31-86-43-22-19-39(20-23-43)58(82)88-44-16-9-15-42(33-44)73-60(66)67/h4-6,9,12-13,15-16,19-23,25-26,33,40,45-48,54H,7-8,10-11,14,17-18,24,27-32,34-36H2,1-3H3,(H,68,81)(H,69,79)(H,71,77)(H,72,80)(H,74,78)(H,75,83)(H4,64,65,70)(H4,66,67,73)/t40-,45+,46+,47+,48?,54+,63+/m1/s1. The lowest BCUT2D eigenvalue weighted by atomic mass is 9.49. The molecule has 2 bridgehead atoms. The lowest BCUT2D eigenvalue weighted by molar-refractivity contribution is -0.130. The second-order valence-electron chi connectivity index (χ2n) is 22.4. The second kappa shape index (κ2) is 31.2. The van der Waals surface area contributed by atoms with Gasteiger partial charge in [0.1, 0.15) is 48.6 Å². The van der Waals surface area contributed by atoms with E-state index in [-0.39, 0.29) is 94.1 Å². The predicted octanol–water partition coefficient (Wildman–Crippen LogP) is 3.69. The van der Waals surface area contributed by atoms with Gasteiger partial charge < -0.3 is 82.4 Å². The Balaban J connectivity index is 0.904. The van der Waals surface area contributed by atoms with Crippen LogP contribution in [0.25, 0.3) is 0 Å². The van der Waals surface area contributed by atoms with E-state index in [2.05, 4.69) is 48.6 Å². The van der Waals surface area contributed by atoms with Crippen LogP contribution in [0.15, 0.2) is 103 Å². The first-order chi connectivity index (χ1) is 43.3. The van der Waals surface area contributed by atoms with Crippen molar-refractivity contribution >= 4 is 65.3 Å². The van der Waals surface area contributed by atoms with Crippen molar-refractivity contribution in [1.82, 2.24) is 42.1 Å². The third kappa shape index (κ3) is 17.2. The monoisotopic (exact) mass is 1240 g/mol. The predicted molar refractivity (Wildman–Crippen MR) is 329 cm³/mol. The lowest BCUT2D eigenvalue weighted by Gasteiger charge is -2.53. The van der Waals surface area contributed by atoms with Crippen LogP contribution in [0.1, 0.15) is 91.8 Å². The highest BCUT2D eigenvalue weighted by Gasteiger charge is 2.64. The molecule has 0 aromatic heterocycles. The van der Waals surface area contributed by atoms with E-state index in [1.54, 1.807) is 61.7 Å². The van der Waals surface area contributed by atoms with E-state index in [0.29, 0.717) is 41.0 Å². The average molecular weight is 1240 g/mol. The minimum Gasteiger partial charge on any atom is -0.493 e. The number of carbonyl (C=O) groups excluding carboxylic acids is 8. The quantitative estimate of drug-likeness (QED) is 0.0116. The largest absolute Gasteiger partial charge is 0.493 e. The molecular formula is C63H79N13O14. The van der Waals surface area contributed by atoms with Crippen LogP contribution in [0.3, 0.4) is 0 Å². The van der Waals surface area contributed by atoms with Crippen molar-refractivity contribution in [3.63, 3.8) is 0 Å². The van der Waals surface area contributed by atoms with Crippen LogP contribution in [0, 0.1) is 22.7 Å². The first kappa shape index (κ1) is 65.9. The number of ether oxygens (including phenoxy) is 6. The van der Waals surface area contributed by atoms with Gasteiger partial charge in [0.2, 0.25) is 29.5 Å². The van der Waals surface area contributed by atoms with E-state index >= 15 is 0 Å². The Morgan fingerprint density at radius 1 is 0.767 bits per heavy atom. The van der Waals surface area contributed by atoms with Gasteiger partial charge in [-0.25, -0.2) is 14.4 Å². The van der Waals surface area contributed by atoms with Crippen molar-refractivity contribution in [3.05, 3.63) is 125 Å². The molecule has 1 unspecified atom stereocenters. The zero-order valence-corrected chi connectivity index (χ0v) is 50.5. The Morgan fingerprint density at radius 2 is 1.50 bits per heavy atom. The molecule has 4 aliphatic rings. The van der Waals surface area contributed by atoms with E-state index < -0.39 is 90.4 Å². The molecule has 480 valence electrons. The number of nitrogens with one attached hydrogen (secondary N) is 10. The highest BCUT2D eigenvalue weighted by atomic mass is 16.6. The maximum atomic E-state index is 14.5. The Kier molecular flexibility index (Phi) is 22.8. The van der Waals surface area contributed by atoms with Crippen molar-refractivity contribution in [2.24, 2.45) is 23.3 Å². The summed E-state index contributed by atoms with van der Waals surface area (Å²) < 4.78 is 35.5. The Bertz CT molecular complexity index is 3310. The van der Waals surface area contributed by atoms with Gasteiger partial charge in [-0.05, 0) is 129 Å². The van der Waals surface area contributed by atoms with E-state index in [0.717, 1.165) is 41.7 Å². The van der Waals surface area contributed by atoms with Gasteiger partial charge in [0.05, 0.1) is 25.8 Å². The zero-order chi connectivity index (χ0) is 64.3. The molecule has 1 spiro atoms. The summed E-state index contributed by atoms with van der Waals surface area (Å²) in [6, 6.07) is 21.9. The van der Waals surface area contributed by atoms with Crippen LogP contribution in [-0.2, 0) is 51.9 Å². The fourth-order valence-corrected chi connectivity index (χ4v) is 12.1. The molecule has 1 fully saturated rings. The minimum atomic E-state index is -1.39. The number of hydrogen-bond acceptors (Lipinski definition) is 16. The van der Waals surface area contributed by atoms with Crippen molar-refractivity contribution in [1.29, 1.82) is 10.8 Å². The fraction of sp³-hybridized carbons (Fsp3) is 0.429. The molecule has 7 atom stereocenters. The number of carbonyl (C=O) groups is 8. The molecule has 27 heteroatoms. The SMILES string of the molecule is COc1ccc2c3c1O[C@H]1C(OC(=O)N(C)C(CNC(=O)[C@H](CCCNC(=N)N)NC(=O)CNC(C)=O)C(=O)NCCCC[C@H](NC(=O)OCc4ccccc4)C(=O)NCCOc4ccc(C(=O)Oc5cccc(NC(=N)N)c5)cc4)=CC[C@H]4[C@H](CCC[C@]314)C2. The Labute approximate surface area is 520 Å². The number of methoxy groups -OCH3 is 1. The van der Waals surface area contributed by atoms with Crippen LogP contribution >= 0.6 is 0 Å². The number of unbranched alkanes of at least 4 members (excludes halogenated alkanes) is 1. The molecule has 0 radical (unpaired) electrons. The molecule has 1 heterocycles. The third-order valence-electron chi connectivity index (χ3n) is 16.3. The molecule has 3 aliphatic carbocycles. The van der Waals surface area contributed by atoms with Crippen molar-refractivity contribution in [2.45, 2.75) is 107 Å². The van der Waals surface area contributed by atoms with E-state index in [1.807, 2.05) is 18.2 Å². The summed E-state index contributed by atoms with van der Waals surface area (Å²) in [5.74, 6) is -1.43. The summed E-state index contributed by atoms with van der Waals surface area (Å²) in [5.41, 5.74) is 14.1. The van der Waals surface area contributed by atoms with Crippen molar-refractivity contribution in [3.8, 4) is 23.0 Å². The van der Waals surface area contributed by atoms with Gasteiger partial charge >= 0.3 is 18.2 Å². The summed E-state index contributed by atoms with van der Waals surface area (Å²) in [6.45, 7) is 0.567. The molecular weight excluding hydrogens is 1160 g/mol. The van der Waals surface area contributed by atoms with Gasteiger partial charge in [-0.15, -0.1) is 0 Å². The van der Waals surface area contributed by atoms with Gasteiger partial charge in [-0.1, -0.05) is 48.9 Å². The summed E-state index contributed by atoms with van der Waals surface area (Å²) >= 11 is 0. The molecule has 7 amide bonds. The van der Waals surface area contributed by atoms with Gasteiger partial charge in [0.15, 0.2) is 29.5 Å². The van der Waals surface area contributed by atoms with E-state index in [4.69, 9.17) is 50.7 Å². The number of benzene rings is 4. The average Bonchev–Trinajstić information content (AvgIpc) is 1.46. The normalized spacial score (nSPS) is 18.1.